The second-order valence-corrected chi connectivity index (χ2v) is 5.13. The lowest BCUT2D eigenvalue weighted by atomic mass is 10.2. The average molecular weight is 307 g/mol. The van der Waals surface area contributed by atoms with Crippen LogP contribution in [-0.2, 0) is 4.79 Å². The topological polar surface area (TPSA) is 58.2 Å². The molecule has 0 bridgehead atoms. The van der Waals surface area contributed by atoms with E-state index < -0.39 is 5.91 Å². The van der Waals surface area contributed by atoms with Crippen LogP contribution in [0.15, 0.2) is 47.9 Å². The molecule has 2 rings (SSSR count). The molecule has 6 heteroatoms. The summed E-state index contributed by atoms with van der Waals surface area (Å²) in [5, 5.41) is 2.34. The summed E-state index contributed by atoms with van der Waals surface area (Å²) in [5.41, 5.74) is 5.35. The van der Waals surface area contributed by atoms with Gasteiger partial charge in [0, 0.05) is 11.1 Å². The van der Waals surface area contributed by atoms with Crippen LogP contribution in [0, 0.1) is 0 Å². The van der Waals surface area contributed by atoms with Crippen LogP contribution >= 0.6 is 22.9 Å². The van der Waals surface area contributed by atoms with Gasteiger partial charge in [0.2, 0.25) is 0 Å². The van der Waals surface area contributed by atoms with Crippen LogP contribution in [0.1, 0.15) is 15.2 Å². The van der Waals surface area contributed by atoms with Gasteiger partial charge in [-0.3, -0.25) is 20.4 Å². The first kappa shape index (κ1) is 14.3. The minimum atomic E-state index is -0.435. The van der Waals surface area contributed by atoms with Crippen molar-refractivity contribution in [1.29, 1.82) is 0 Å². The van der Waals surface area contributed by atoms with E-state index in [2.05, 4.69) is 10.9 Å². The molecule has 0 fully saturated rings. The highest BCUT2D eigenvalue weighted by atomic mass is 35.5. The molecule has 4 nitrogen and oxygen atoms in total. The van der Waals surface area contributed by atoms with Crippen molar-refractivity contribution in [2.75, 3.05) is 0 Å². The second kappa shape index (κ2) is 6.88. The van der Waals surface area contributed by atoms with Crippen molar-refractivity contribution in [2.45, 2.75) is 0 Å². The number of rotatable bonds is 3. The molecule has 0 aliphatic carbocycles. The molecule has 1 aromatic carbocycles. The van der Waals surface area contributed by atoms with Crippen molar-refractivity contribution >= 4 is 40.8 Å². The zero-order valence-corrected chi connectivity index (χ0v) is 11.9. The quantitative estimate of drug-likeness (QED) is 0.676. The number of hydrogen-bond donors (Lipinski definition) is 2. The van der Waals surface area contributed by atoms with Gasteiger partial charge in [-0.1, -0.05) is 35.9 Å². The number of halogens is 1. The predicted molar refractivity (Wildman–Crippen MR) is 80.4 cm³/mol. The number of carbonyl (C=O) groups excluding carboxylic acids is 2. The van der Waals surface area contributed by atoms with Crippen LogP contribution in [0.25, 0.3) is 6.08 Å². The Bertz CT molecular complexity index is 638. The van der Waals surface area contributed by atoms with Gasteiger partial charge in [0.1, 0.15) is 0 Å². The monoisotopic (exact) mass is 306 g/mol. The van der Waals surface area contributed by atoms with Crippen molar-refractivity contribution < 1.29 is 9.59 Å². The van der Waals surface area contributed by atoms with Crippen LogP contribution in [0.2, 0.25) is 5.02 Å². The highest BCUT2D eigenvalue weighted by molar-refractivity contribution is 7.12. The first-order valence-electron chi connectivity index (χ1n) is 5.73. The second-order valence-electron chi connectivity index (χ2n) is 3.78. The van der Waals surface area contributed by atoms with E-state index in [9.17, 15) is 9.59 Å². The summed E-state index contributed by atoms with van der Waals surface area (Å²) >= 11 is 7.25. The van der Waals surface area contributed by atoms with E-state index >= 15 is 0 Å². The Hall–Kier alpha value is -2.11. The van der Waals surface area contributed by atoms with Crippen LogP contribution in [0.3, 0.4) is 0 Å². The highest BCUT2D eigenvalue weighted by Crippen LogP contribution is 2.15. The molecule has 0 spiro atoms. The van der Waals surface area contributed by atoms with Crippen molar-refractivity contribution in [3.05, 3.63) is 63.3 Å². The molecule has 1 heterocycles. The molecule has 0 aliphatic rings. The summed E-state index contributed by atoms with van der Waals surface area (Å²) in [6, 6.07) is 10.6. The fourth-order valence-corrected chi connectivity index (χ4v) is 2.22. The van der Waals surface area contributed by atoms with Gasteiger partial charge in [-0.25, -0.2) is 0 Å². The lowest BCUT2D eigenvalue weighted by Crippen LogP contribution is -2.40. The van der Waals surface area contributed by atoms with Gasteiger partial charge in [-0.2, -0.15) is 0 Å². The van der Waals surface area contributed by atoms with Gasteiger partial charge in [0.25, 0.3) is 11.8 Å². The fraction of sp³-hybridized carbons (Fsp3) is 0. The molecule has 0 unspecified atom stereocenters. The molecular formula is C14H11ClN2O2S. The van der Waals surface area contributed by atoms with Crippen molar-refractivity contribution in [3.63, 3.8) is 0 Å². The van der Waals surface area contributed by atoms with Crippen molar-refractivity contribution in [1.82, 2.24) is 10.9 Å². The SMILES string of the molecule is O=C(C=Cc1ccccc1Cl)NNC(=O)c1cccs1. The number of carbonyl (C=O) groups is 2. The van der Waals surface area contributed by atoms with Crippen LogP contribution in [-0.4, -0.2) is 11.8 Å². The fourth-order valence-electron chi connectivity index (χ4n) is 1.41. The van der Waals surface area contributed by atoms with Gasteiger partial charge in [-0.15, -0.1) is 11.3 Å². The molecule has 0 saturated carbocycles. The molecule has 0 saturated heterocycles. The van der Waals surface area contributed by atoms with Crippen LogP contribution < -0.4 is 10.9 Å². The number of nitrogens with one attached hydrogen (secondary N) is 2. The van der Waals surface area contributed by atoms with E-state index in [1.165, 1.54) is 17.4 Å². The molecule has 2 N–H and O–H groups in total. The summed E-state index contributed by atoms with van der Waals surface area (Å²) in [6.45, 7) is 0. The molecule has 1 aromatic heterocycles. The first-order chi connectivity index (χ1) is 9.66. The Labute approximate surface area is 125 Å². The molecule has 0 radical (unpaired) electrons. The average Bonchev–Trinajstić information content (AvgIpc) is 2.98. The molecular weight excluding hydrogens is 296 g/mol. The number of benzene rings is 1. The third kappa shape index (κ3) is 3.94. The maximum Gasteiger partial charge on any atom is 0.279 e. The Kier molecular flexibility index (Phi) is 4.92. The van der Waals surface area contributed by atoms with Gasteiger partial charge in [0.05, 0.1) is 4.88 Å². The zero-order valence-electron chi connectivity index (χ0n) is 10.3. The summed E-state index contributed by atoms with van der Waals surface area (Å²) in [5.74, 6) is -0.783. The Morgan fingerprint density at radius 1 is 1.10 bits per heavy atom. The molecule has 102 valence electrons. The number of hydrazine groups is 1. The highest BCUT2D eigenvalue weighted by Gasteiger charge is 2.06. The Balaban J connectivity index is 1.87. The minimum absolute atomic E-state index is 0.348. The van der Waals surface area contributed by atoms with Gasteiger partial charge >= 0.3 is 0 Å². The molecule has 20 heavy (non-hydrogen) atoms. The number of amides is 2. The van der Waals surface area contributed by atoms with Gasteiger partial charge < -0.3 is 0 Å². The standard InChI is InChI=1S/C14H11ClN2O2S/c15-11-5-2-1-4-10(11)7-8-13(18)16-17-14(19)12-6-3-9-20-12/h1-9H,(H,16,18)(H,17,19). The zero-order chi connectivity index (χ0) is 14.4. The summed E-state index contributed by atoms with van der Waals surface area (Å²) in [4.78, 5) is 23.7. The maximum absolute atomic E-state index is 11.6. The Morgan fingerprint density at radius 3 is 2.60 bits per heavy atom. The van der Waals surface area contributed by atoms with Gasteiger partial charge in [0.15, 0.2) is 0 Å². The van der Waals surface area contributed by atoms with E-state index in [1.54, 1.807) is 41.8 Å². The maximum atomic E-state index is 11.6. The Morgan fingerprint density at radius 2 is 1.90 bits per heavy atom. The van der Waals surface area contributed by atoms with E-state index in [-0.39, 0.29) is 5.91 Å². The summed E-state index contributed by atoms with van der Waals surface area (Å²) < 4.78 is 0. The molecule has 2 aromatic rings. The third-order valence-electron chi connectivity index (χ3n) is 2.36. The lowest BCUT2D eigenvalue weighted by molar-refractivity contribution is -0.117. The largest absolute Gasteiger partial charge is 0.279 e. The van der Waals surface area contributed by atoms with E-state index in [0.29, 0.717) is 9.90 Å². The van der Waals surface area contributed by atoms with Crippen LogP contribution in [0.5, 0.6) is 0 Å². The van der Waals surface area contributed by atoms with E-state index in [1.807, 2.05) is 6.07 Å². The minimum Gasteiger partial charge on any atom is -0.268 e. The third-order valence-corrected chi connectivity index (χ3v) is 3.58. The first-order valence-corrected chi connectivity index (χ1v) is 6.99. The summed E-state index contributed by atoms with van der Waals surface area (Å²) in [7, 11) is 0. The molecule has 0 atom stereocenters. The number of thiophene rings is 1. The van der Waals surface area contributed by atoms with Crippen molar-refractivity contribution in [2.24, 2.45) is 0 Å². The van der Waals surface area contributed by atoms with Crippen LogP contribution in [0.4, 0.5) is 0 Å². The van der Waals surface area contributed by atoms with Gasteiger partial charge in [-0.05, 0) is 29.2 Å². The normalized spacial score (nSPS) is 10.4. The van der Waals surface area contributed by atoms with E-state index in [0.717, 1.165) is 5.56 Å². The smallest absolute Gasteiger partial charge is 0.268 e. The predicted octanol–water partition coefficient (Wildman–Crippen LogP) is 2.88. The molecule has 2 amide bonds. The lowest BCUT2D eigenvalue weighted by Gasteiger charge is -2.03. The van der Waals surface area contributed by atoms with E-state index in [4.69, 9.17) is 11.6 Å². The van der Waals surface area contributed by atoms with Crippen molar-refractivity contribution in [3.8, 4) is 0 Å². The summed E-state index contributed by atoms with van der Waals surface area (Å²) in [6.07, 6.45) is 2.88. The number of hydrogen-bond acceptors (Lipinski definition) is 3. The molecule has 0 aliphatic heterocycles.